The minimum absolute atomic E-state index is 0.664. The van der Waals surface area contributed by atoms with Crippen molar-refractivity contribution in [3.8, 4) is 0 Å². The van der Waals surface area contributed by atoms with E-state index in [1.807, 2.05) is 0 Å². The van der Waals surface area contributed by atoms with Gasteiger partial charge in [-0.2, -0.15) is 0 Å². The van der Waals surface area contributed by atoms with Gasteiger partial charge in [0.15, 0.2) is 11.1 Å². The molecule has 0 N–H and O–H groups in total. The van der Waals surface area contributed by atoms with Crippen LogP contribution >= 0.6 is 0 Å². The third kappa shape index (κ3) is 14.2. The summed E-state index contributed by atoms with van der Waals surface area (Å²) in [7, 11) is 0. The predicted octanol–water partition coefficient (Wildman–Crippen LogP) is 5.00. The maximum atomic E-state index is 11.5. The monoisotopic (exact) mass is 276 g/mol. The van der Waals surface area contributed by atoms with Crippen molar-refractivity contribution in [3.05, 3.63) is 0 Å². The normalized spacial score (nSPS) is 12.8. The second kappa shape index (κ2) is 15.2. The zero-order valence-electron chi connectivity index (χ0n) is 12.4. The number of hydrogen-bond donors (Lipinski definition) is 0. The van der Waals surface area contributed by atoms with Crippen LogP contribution in [0.5, 0.6) is 0 Å². The summed E-state index contributed by atoms with van der Waals surface area (Å²) in [6.07, 6.45) is 13.7. The van der Waals surface area contributed by atoms with Crippen LogP contribution in [0.4, 0.5) is 0 Å². The zero-order valence-corrected chi connectivity index (χ0v) is 13.2. The molecular weight excluding hydrogens is 244 g/mol. The van der Waals surface area contributed by atoms with Crippen LogP contribution in [0.25, 0.3) is 0 Å². The van der Waals surface area contributed by atoms with Crippen LogP contribution < -0.4 is 0 Å². The van der Waals surface area contributed by atoms with Gasteiger partial charge in [-0.05, 0) is 12.8 Å². The summed E-state index contributed by atoms with van der Waals surface area (Å²) in [5.41, 5.74) is 0. The number of unbranched alkanes of at least 4 members (excludes halogenated alkanes) is 9. The first kappa shape index (κ1) is 18.1. The number of hydrogen-bond acceptors (Lipinski definition) is 2. The van der Waals surface area contributed by atoms with E-state index in [0.717, 1.165) is 18.6 Å². The molecule has 0 aromatic heterocycles. The van der Waals surface area contributed by atoms with Crippen LogP contribution in [0.15, 0.2) is 0 Å². The van der Waals surface area contributed by atoms with E-state index >= 15 is 0 Å². The van der Waals surface area contributed by atoms with Gasteiger partial charge in [-0.1, -0.05) is 71.6 Å². The predicted molar refractivity (Wildman–Crippen MR) is 81.1 cm³/mol. The van der Waals surface area contributed by atoms with Crippen molar-refractivity contribution in [1.82, 2.24) is 0 Å². The van der Waals surface area contributed by atoms with Gasteiger partial charge in [0.1, 0.15) is 0 Å². The highest BCUT2D eigenvalue weighted by Crippen LogP contribution is 2.09. The quantitative estimate of drug-likeness (QED) is 0.417. The highest BCUT2D eigenvalue weighted by molar-refractivity contribution is 7.80. The Hall–Kier alpha value is 0.110. The molecule has 0 spiro atoms. The molecule has 3 heteroatoms. The van der Waals surface area contributed by atoms with Gasteiger partial charge in [0.25, 0.3) is 0 Å². The highest BCUT2D eigenvalue weighted by atomic mass is 32.2. The molecule has 0 aromatic carbocycles. The fraction of sp³-hybridized carbons (Fsp3) is 1.00. The average Bonchev–Trinajstić information content (AvgIpc) is 2.38. The van der Waals surface area contributed by atoms with Crippen molar-refractivity contribution in [2.24, 2.45) is 0 Å². The van der Waals surface area contributed by atoms with E-state index in [1.54, 1.807) is 0 Å². The van der Waals surface area contributed by atoms with Gasteiger partial charge < -0.3 is 0 Å². The molecule has 110 valence electrons. The standard InChI is InChI=1S/C15H32O2S/c1-3-5-7-8-9-10-11-13-15-18(16)17-14-12-6-4-2/h3-15H2,1-2H3. The second-order valence-corrected chi connectivity index (χ2v) is 6.26. The Balaban J connectivity index is 3.10. The zero-order chi connectivity index (χ0) is 13.5. The summed E-state index contributed by atoms with van der Waals surface area (Å²) < 4.78 is 16.7. The maximum absolute atomic E-state index is 11.5. The third-order valence-corrected chi connectivity index (χ3v) is 4.18. The SMILES string of the molecule is CCCCCCCCCCS(=O)OCCCCC. The first-order valence-corrected chi connectivity index (χ1v) is 9.07. The molecular formula is C15H32O2S. The molecule has 0 amide bonds. The third-order valence-electron chi connectivity index (χ3n) is 3.13. The van der Waals surface area contributed by atoms with Crippen molar-refractivity contribution in [2.45, 2.75) is 84.5 Å². The maximum Gasteiger partial charge on any atom is 0.155 e. The Labute approximate surface area is 117 Å². The molecule has 0 aliphatic rings. The van der Waals surface area contributed by atoms with Crippen LogP contribution in [0.3, 0.4) is 0 Å². The van der Waals surface area contributed by atoms with Crippen LogP contribution in [0.1, 0.15) is 84.5 Å². The van der Waals surface area contributed by atoms with E-state index in [1.165, 1.54) is 57.8 Å². The van der Waals surface area contributed by atoms with Crippen molar-refractivity contribution in [2.75, 3.05) is 12.4 Å². The Morgan fingerprint density at radius 1 is 0.722 bits per heavy atom. The van der Waals surface area contributed by atoms with Gasteiger partial charge in [0.05, 0.1) is 6.61 Å². The van der Waals surface area contributed by atoms with Crippen molar-refractivity contribution >= 4 is 11.1 Å². The molecule has 0 aromatic rings. The summed E-state index contributed by atoms with van der Waals surface area (Å²) in [5.74, 6) is 0.723. The van der Waals surface area contributed by atoms with Gasteiger partial charge >= 0.3 is 0 Å². The van der Waals surface area contributed by atoms with E-state index in [4.69, 9.17) is 4.18 Å². The second-order valence-electron chi connectivity index (χ2n) is 5.01. The van der Waals surface area contributed by atoms with Crippen molar-refractivity contribution in [1.29, 1.82) is 0 Å². The van der Waals surface area contributed by atoms with Crippen LogP contribution in [-0.4, -0.2) is 16.6 Å². The van der Waals surface area contributed by atoms with Crippen LogP contribution in [-0.2, 0) is 15.3 Å². The summed E-state index contributed by atoms with van der Waals surface area (Å²) in [5, 5.41) is 0. The van der Waals surface area contributed by atoms with E-state index in [0.29, 0.717) is 6.61 Å². The van der Waals surface area contributed by atoms with Crippen LogP contribution in [0, 0.1) is 0 Å². The highest BCUT2D eigenvalue weighted by Gasteiger charge is 2.00. The Kier molecular flexibility index (Phi) is 15.3. The fourth-order valence-corrected chi connectivity index (χ4v) is 2.78. The Bertz CT molecular complexity index is 183. The lowest BCUT2D eigenvalue weighted by molar-refractivity contribution is 0.334. The Morgan fingerprint density at radius 2 is 1.22 bits per heavy atom. The molecule has 2 nitrogen and oxygen atoms in total. The van der Waals surface area contributed by atoms with Crippen molar-refractivity contribution < 1.29 is 8.39 Å². The molecule has 1 unspecified atom stereocenters. The topological polar surface area (TPSA) is 26.3 Å². The molecule has 0 saturated heterocycles. The van der Waals surface area contributed by atoms with Crippen molar-refractivity contribution in [3.63, 3.8) is 0 Å². The molecule has 0 aliphatic carbocycles. The molecule has 0 saturated carbocycles. The number of rotatable bonds is 14. The summed E-state index contributed by atoms with van der Waals surface area (Å²) >= 11 is -1.03. The van der Waals surface area contributed by atoms with Gasteiger partial charge in [-0.15, -0.1) is 0 Å². The molecule has 0 rings (SSSR count). The summed E-state index contributed by atoms with van der Waals surface area (Å²) in [6, 6.07) is 0. The molecule has 18 heavy (non-hydrogen) atoms. The first-order chi connectivity index (χ1) is 8.81. The lowest BCUT2D eigenvalue weighted by Crippen LogP contribution is -2.03. The lowest BCUT2D eigenvalue weighted by atomic mass is 10.1. The molecule has 0 heterocycles. The molecule has 1 atom stereocenters. The molecule has 0 fully saturated rings. The van der Waals surface area contributed by atoms with E-state index in [2.05, 4.69) is 13.8 Å². The van der Waals surface area contributed by atoms with E-state index < -0.39 is 11.1 Å². The minimum atomic E-state index is -1.03. The van der Waals surface area contributed by atoms with Crippen LogP contribution in [0.2, 0.25) is 0 Å². The Morgan fingerprint density at radius 3 is 1.83 bits per heavy atom. The first-order valence-electron chi connectivity index (χ1n) is 7.82. The van der Waals surface area contributed by atoms with Gasteiger partial charge in [-0.3, -0.25) is 4.18 Å². The van der Waals surface area contributed by atoms with Gasteiger partial charge in [0.2, 0.25) is 0 Å². The van der Waals surface area contributed by atoms with E-state index in [-0.39, 0.29) is 0 Å². The minimum Gasteiger partial charge on any atom is -0.291 e. The average molecular weight is 276 g/mol. The summed E-state index contributed by atoms with van der Waals surface area (Å²) in [4.78, 5) is 0. The van der Waals surface area contributed by atoms with E-state index in [9.17, 15) is 4.21 Å². The summed E-state index contributed by atoms with van der Waals surface area (Å²) in [6.45, 7) is 5.07. The largest absolute Gasteiger partial charge is 0.291 e. The molecule has 0 aliphatic heterocycles. The smallest absolute Gasteiger partial charge is 0.155 e. The van der Waals surface area contributed by atoms with Gasteiger partial charge in [0, 0.05) is 5.75 Å². The molecule has 0 radical (unpaired) electrons. The lowest BCUT2D eigenvalue weighted by Gasteiger charge is -2.03. The molecule has 0 bridgehead atoms. The van der Waals surface area contributed by atoms with Gasteiger partial charge in [-0.25, -0.2) is 4.21 Å². The fourth-order valence-electron chi connectivity index (χ4n) is 1.92.